The lowest BCUT2D eigenvalue weighted by Gasteiger charge is -2.09. The molecule has 0 bridgehead atoms. The maximum atomic E-state index is 11.4. The van der Waals surface area contributed by atoms with Gasteiger partial charge in [0, 0.05) is 19.4 Å². The molecule has 0 amide bonds. The molecular formula is C8H11N2O5P. The molecule has 88 valence electrons. The Morgan fingerprint density at radius 1 is 1.50 bits per heavy atom. The number of ether oxygens (including phenoxy) is 1. The van der Waals surface area contributed by atoms with E-state index in [1.165, 1.54) is 26.5 Å². The summed E-state index contributed by atoms with van der Waals surface area (Å²) in [4.78, 5) is 13.6. The second kappa shape index (κ2) is 4.49. The fraction of sp³-hybridized carbons (Fsp3) is 0.375. The lowest BCUT2D eigenvalue weighted by molar-refractivity contribution is -0.386. The van der Waals surface area contributed by atoms with Crippen LogP contribution in [-0.4, -0.2) is 30.3 Å². The third-order valence-electron chi connectivity index (χ3n) is 1.55. The van der Waals surface area contributed by atoms with Gasteiger partial charge in [-0.25, -0.2) is 4.98 Å². The largest absolute Gasteiger partial charge is 0.490 e. The van der Waals surface area contributed by atoms with Crippen molar-refractivity contribution in [3.63, 3.8) is 0 Å². The third-order valence-corrected chi connectivity index (χ3v) is 2.18. The second-order valence-corrected chi connectivity index (χ2v) is 5.98. The van der Waals surface area contributed by atoms with Gasteiger partial charge in [-0.1, -0.05) is 0 Å². The Morgan fingerprint density at radius 2 is 2.12 bits per heavy atom. The van der Waals surface area contributed by atoms with E-state index < -0.39 is 12.3 Å². The standard InChI is InChI=1S/C8H11N2O5P/c1-14-7-4-8(15-16(2,3)13)9-5-6(7)10(11)12/h4-5H,1-3H3. The van der Waals surface area contributed by atoms with Crippen molar-refractivity contribution in [2.45, 2.75) is 0 Å². The van der Waals surface area contributed by atoms with E-state index >= 15 is 0 Å². The van der Waals surface area contributed by atoms with Crippen LogP contribution >= 0.6 is 7.37 Å². The molecule has 0 radical (unpaired) electrons. The van der Waals surface area contributed by atoms with Crippen molar-refractivity contribution in [1.82, 2.24) is 4.98 Å². The van der Waals surface area contributed by atoms with E-state index in [9.17, 15) is 14.7 Å². The Hall–Kier alpha value is -1.62. The topological polar surface area (TPSA) is 91.6 Å². The zero-order chi connectivity index (χ0) is 12.3. The van der Waals surface area contributed by atoms with Crippen LogP contribution in [-0.2, 0) is 4.57 Å². The van der Waals surface area contributed by atoms with E-state index in [-0.39, 0.29) is 17.3 Å². The van der Waals surface area contributed by atoms with Gasteiger partial charge in [-0.15, -0.1) is 0 Å². The predicted octanol–water partition coefficient (Wildman–Crippen LogP) is 1.91. The van der Waals surface area contributed by atoms with Gasteiger partial charge in [0.15, 0.2) is 0 Å². The summed E-state index contributed by atoms with van der Waals surface area (Å²) < 4.78 is 21.2. The van der Waals surface area contributed by atoms with Crippen LogP contribution in [0, 0.1) is 10.1 Å². The SMILES string of the molecule is COc1cc(OP(C)(C)=O)ncc1[N+](=O)[O-]. The highest BCUT2D eigenvalue weighted by Gasteiger charge is 2.18. The van der Waals surface area contributed by atoms with Crippen molar-refractivity contribution in [3.8, 4) is 11.6 Å². The first-order valence-corrected chi connectivity index (χ1v) is 6.78. The lowest BCUT2D eigenvalue weighted by Crippen LogP contribution is -1.97. The van der Waals surface area contributed by atoms with Crippen molar-refractivity contribution in [2.24, 2.45) is 0 Å². The number of rotatable bonds is 4. The van der Waals surface area contributed by atoms with Crippen LogP contribution in [0.4, 0.5) is 5.69 Å². The van der Waals surface area contributed by atoms with Crippen LogP contribution in [0.2, 0.25) is 0 Å². The van der Waals surface area contributed by atoms with E-state index in [1.807, 2.05) is 0 Å². The Labute approximate surface area is 92.0 Å². The van der Waals surface area contributed by atoms with Crippen LogP contribution in [0.25, 0.3) is 0 Å². The molecule has 0 aliphatic rings. The van der Waals surface area contributed by atoms with Gasteiger partial charge in [0.2, 0.25) is 19.0 Å². The van der Waals surface area contributed by atoms with Gasteiger partial charge in [-0.05, 0) is 0 Å². The van der Waals surface area contributed by atoms with Gasteiger partial charge in [-0.2, -0.15) is 0 Å². The fourth-order valence-corrected chi connectivity index (χ4v) is 1.54. The van der Waals surface area contributed by atoms with E-state index in [0.717, 1.165) is 6.20 Å². The third kappa shape index (κ3) is 3.20. The molecule has 8 heteroatoms. The molecular weight excluding hydrogens is 235 g/mol. The number of hydrogen-bond acceptors (Lipinski definition) is 6. The highest BCUT2D eigenvalue weighted by molar-refractivity contribution is 7.57. The highest BCUT2D eigenvalue weighted by Crippen LogP contribution is 2.39. The van der Waals surface area contributed by atoms with Gasteiger partial charge in [0.25, 0.3) is 0 Å². The molecule has 7 nitrogen and oxygen atoms in total. The van der Waals surface area contributed by atoms with Gasteiger partial charge in [0.05, 0.1) is 12.0 Å². The summed E-state index contributed by atoms with van der Waals surface area (Å²) in [5.41, 5.74) is -0.267. The van der Waals surface area contributed by atoms with Gasteiger partial charge < -0.3 is 9.26 Å². The molecule has 0 saturated carbocycles. The summed E-state index contributed by atoms with van der Waals surface area (Å²) in [5.74, 6) is 0.0548. The molecule has 0 aliphatic heterocycles. The number of nitrogens with zero attached hydrogens (tertiary/aromatic N) is 2. The van der Waals surface area contributed by atoms with Crippen molar-refractivity contribution < 1.29 is 18.7 Å². The quantitative estimate of drug-likeness (QED) is 0.457. The molecule has 1 aromatic heterocycles. The first kappa shape index (κ1) is 12.4. The monoisotopic (exact) mass is 246 g/mol. The molecule has 1 rings (SSSR count). The highest BCUT2D eigenvalue weighted by atomic mass is 31.2. The minimum atomic E-state index is -2.74. The Balaban J connectivity index is 3.09. The normalized spacial score (nSPS) is 10.9. The van der Waals surface area contributed by atoms with Gasteiger partial charge >= 0.3 is 5.69 Å². The summed E-state index contributed by atoms with van der Waals surface area (Å²) >= 11 is 0. The molecule has 0 N–H and O–H groups in total. The lowest BCUT2D eigenvalue weighted by atomic mass is 10.4. The number of pyridine rings is 1. The second-order valence-electron chi connectivity index (χ2n) is 3.29. The number of nitro groups is 1. The maximum Gasteiger partial charge on any atom is 0.329 e. The minimum Gasteiger partial charge on any atom is -0.490 e. The number of hydrogen-bond donors (Lipinski definition) is 0. The summed E-state index contributed by atoms with van der Waals surface area (Å²) in [5, 5.41) is 10.6. The van der Waals surface area contributed by atoms with Crippen LogP contribution in [0.3, 0.4) is 0 Å². The van der Waals surface area contributed by atoms with Crippen LogP contribution < -0.4 is 9.26 Å². The summed E-state index contributed by atoms with van der Waals surface area (Å²) in [7, 11) is -1.45. The van der Waals surface area contributed by atoms with Crippen LogP contribution in [0.1, 0.15) is 0 Å². The Morgan fingerprint density at radius 3 is 2.56 bits per heavy atom. The summed E-state index contributed by atoms with van der Waals surface area (Å²) in [6, 6.07) is 1.23. The zero-order valence-corrected chi connectivity index (χ0v) is 9.93. The van der Waals surface area contributed by atoms with Crippen LogP contribution in [0.5, 0.6) is 11.6 Å². The average molecular weight is 246 g/mol. The number of aromatic nitrogens is 1. The van der Waals surface area contributed by atoms with Crippen molar-refractivity contribution in [3.05, 3.63) is 22.4 Å². The molecule has 0 atom stereocenters. The molecule has 0 saturated heterocycles. The molecule has 0 spiro atoms. The smallest absolute Gasteiger partial charge is 0.329 e. The van der Waals surface area contributed by atoms with Gasteiger partial charge in [-0.3, -0.25) is 14.7 Å². The first-order chi connectivity index (χ1) is 7.33. The molecule has 0 aromatic carbocycles. The van der Waals surface area contributed by atoms with E-state index in [0.29, 0.717) is 0 Å². The molecule has 0 fully saturated rings. The van der Waals surface area contributed by atoms with Crippen LogP contribution in [0.15, 0.2) is 12.3 Å². The predicted molar refractivity (Wildman–Crippen MR) is 57.5 cm³/mol. The number of methoxy groups -OCH3 is 1. The summed E-state index contributed by atoms with van der Waals surface area (Å²) in [6.45, 7) is 2.84. The van der Waals surface area contributed by atoms with Crippen molar-refractivity contribution >= 4 is 13.1 Å². The molecule has 0 unspecified atom stereocenters. The van der Waals surface area contributed by atoms with E-state index in [4.69, 9.17) is 9.26 Å². The Bertz CT molecular complexity index is 456. The molecule has 1 aromatic rings. The minimum absolute atomic E-state index is 0.0171. The first-order valence-electron chi connectivity index (χ1n) is 4.26. The molecule has 0 aliphatic carbocycles. The van der Waals surface area contributed by atoms with Crippen molar-refractivity contribution in [1.29, 1.82) is 0 Å². The van der Waals surface area contributed by atoms with E-state index in [1.54, 1.807) is 0 Å². The maximum absolute atomic E-state index is 11.4. The average Bonchev–Trinajstić information content (AvgIpc) is 2.14. The Kier molecular flexibility index (Phi) is 3.49. The summed E-state index contributed by atoms with van der Waals surface area (Å²) in [6.07, 6.45) is 1.00. The van der Waals surface area contributed by atoms with E-state index in [2.05, 4.69) is 4.98 Å². The molecule has 1 heterocycles. The fourth-order valence-electron chi connectivity index (χ4n) is 0.988. The zero-order valence-electron chi connectivity index (χ0n) is 9.04. The molecule has 16 heavy (non-hydrogen) atoms. The van der Waals surface area contributed by atoms with Gasteiger partial charge in [0.1, 0.15) is 6.20 Å². The van der Waals surface area contributed by atoms with Crippen molar-refractivity contribution in [2.75, 3.05) is 20.4 Å².